The van der Waals surface area contributed by atoms with Crippen LogP contribution < -0.4 is 10.6 Å². The zero-order chi connectivity index (χ0) is 16.1. The second-order valence-electron chi connectivity index (χ2n) is 5.98. The molecule has 3 rings (SSSR count). The van der Waals surface area contributed by atoms with Crippen molar-refractivity contribution in [3.8, 4) is 0 Å². The molecule has 1 aliphatic carbocycles. The van der Waals surface area contributed by atoms with Crippen LogP contribution in [-0.2, 0) is 6.54 Å². The van der Waals surface area contributed by atoms with Crippen LogP contribution >= 0.6 is 0 Å². The molecule has 1 fully saturated rings. The maximum absolute atomic E-state index is 11.9. The Morgan fingerprint density at radius 3 is 2.57 bits per heavy atom. The Labute approximate surface area is 135 Å². The van der Waals surface area contributed by atoms with Gasteiger partial charge in [0.25, 0.3) is 0 Å². The smallest absolute Gasteiger partial charge is 0.319 e. The lowest BCUT2D eigenvalue weighted by molar-refractivity contribution is 0.250. The van der Waals surface area contributed by atoms with Gasteiger partial charge in [-0.15, -0.1) is 10.2 Å². The first-order valence-corrected chi connectivity index (χ1v) is 8.14. The Kier molecular flexibility index (Phi) is 4.90. The van der Waals surface area contributed by atoms with Gasteiger partial charge in [0.2, 0.25) is 11.8 Å². The second-order valence-corrected chi connectivity index (χ2v) is 5.98. The molecule has 0 spiro atoms. The third-order valence-corrected chi connectivity index (χ3v) is 4.21. The molecule has 0 aliphatic heterocycles. The van der Waals surface area contributed by atoms with Crippen molar-refractivity contribution in [1.29, 1.82) is 0 Å². The fourth-order valence-electron chi connectivity index (χ4n) is 3.01. The fourth-order valence-corrected chi connectivity index (χ4v) is 3.01. The first kappa shape index (κ1) is 15.5. The Bertz CT molecular complexity index is 645. The second kappa shape index (κ2) is 7.26. The molecule has 1 heterocycles. The molecule has 0 saturated heterocycles. The lowest BCUT2D eigenvalue weighted by Crippen LogP contribution is -2.28. The first-order valence-electron chi connectivity index (χ1n) is 8.14. The van der Waals surface area contributed by atoms with Crippen molar-refractivity contribution in [2.45, 2.75) is 51.5 Å². The Morgan fingerprint density at radius 2 is 1.91 bits per heavy atom. The molecule has 6 heteroatoms. The minimum atomic E-state index is -0.286. The number of hydrogen-bond donors (Lipinski definition) is 2. The predicted molar refractivity (Wildman–Crippen MR) is 87.2 cm³/mol. The van der Waals surface area contributed by atoms with Crippen LogP contribution in [0.1, 0.15) is 55.4 Å². The van der Waals surface area contributed by atoms with Gasteiger partial charge >= 0.3 is 6.03 Å². The standard InChI is InChI=1S/C17H22N4O2/c1-12-20-21-16(23-12)11-18-17(22)19-15-9-7-14(8-10-15)13-5-3-2-4-6-13/h7-10,13H,2-6,11H2,1H3,(H2,18,19,22). The van der Waals surface area contributed by atoms with E-state index in [0.717, 1.165) is 5.69 Å². The number of benzene rings is 1. The molecular formula is C17H22N4O2. The number of hydrogen-bond acceptors (Lipinski definition) is 4. The van der Waals surface area contributed by atoms with Crippen LogP contribution in [0.4, 0.5) is 10.5 Å². The van der Waals surface area contributed by atoms with Crippen molar-refractivity contribution < 1.29 is 9.21 Å². The van der Waals surface area contributed by atoms with Crippen molar-refractivity contribution in [2.75, 3.05) is 5.32 Å². The summed E-state index contributed by atoms with van der Waals surface area (Å²) in [7, 11) is 0. The van der Waals surface area contributed by atoms with Gasteiger partial charge < -0.3 is 15.1 Å². The van der Waals surface area contributed by atoms with Crippen LogP contribution in [0, 0.1) is 6.92 Å². The molecule has 6 nitrogen and oxygen atoms in total. The molecule has 1 saturated carbocycles. The van der Waals surface area contributed by atoms with Gasteiger partial charge in [0.15, 0.2) is 0 Å². The molecule has 2 amide bonds. The van der Waals surface area contributed by atoms with E-state index < -0.39 is 0 Å². The number of aromatic nitrogens is 2. The number of nitrogens with one attached hydrogen (secondary N) is 2. The summed E-state index contributed by atoms with van der Waals surface area (Å²) in [5.74, 6) is 1.55. The monoisotopic (exact) mass is 314 g/mol. The number of anilines is 1. The van der Waals surface area contributed by atoms with Gasteiger partial charge in [-0.2, -0.15) is 0 Å². The summed E-state index contributed by atoms with van der Waals surface area (Å²) in [6.07, 6.45) is 6.55. The number of carbonyl (C=O) groups is 1. The van der Waals surface area contributed by atoms with Gasteiger partial charge in [-0.3, -0.25) is 0 Å². The van der Waals surface area contributed by atoms with Crippen LogP contribution in [0.15, 0.2) is 28.7 Å². The number of rotatable bonds is 4. The molecule has 0 bridgehead atoms. The van der Waals surface area contributed by atoms with Crippen molar-refractivity contribution in [3.63, 3.8) is 0 Å². The molecule has 2 N–H and O–H groups in total. The Hall–Kier alpha value is -2.37. The van der Waals surface area contributed by atoms with Crippen LogP contribution in [0.5, 0.6) is 0 Å². The Balaban J connectivity index is 1.50. The summed E-state index contributed by atoms with van der Waals surface area (Å²) < 4.78 is 5.20. The number of urea groups is 1. The van der Waals surface area contributed by atoms with Gasteiger partial charge in [0.1, 0.15) is 0 Å². The highest BCUT2D eigenvalue weighted by atomic mass is 16.4. The van der Waals surface area contributed by atoms with E-state index in [2.05, 4.69) is 33.0 Å². The largest absolute Gasteiger partial charge is 0.424 e. The molecule has 0 unspecified atom stereocenters. The summed E-state index contributed by atoms with van der Waals surface area (Å²) in [5, 5.41) is 13.0. The van der Waals surface area contributed by atoms with E-state index in [1.807, 2.05) is 12.1 Å². The van der Waals surface area contributed by atoms with Crippen LogP contribution in [-0.4, -0.2) is 16.2 Å². The highest BCUT2D eigenvalue weighted by Crippen LogP contribution is 2.32. The number of aryl methyl sites for hydroxylation is 1. The summed E-state index contributed by atoms with van der Waals surface area (Å²) in [6, 6.07) is 7.87. The molecule has 1 aromatic heterocycles. The van der Waals surface area contributed by atoms with Crippen molar-refractivity contribution in [2.24, 2.45) is 0 Å². The average molecular weight is 314 g/mol. The maximum Gasteiger partial charge on any atom is 0.319 e. The highest BCUT2D eigenvalue weighted by molar-refractivity contribution is 5.89. The molecule has 0 radical (unpaired) electrons. The third kappa shape index (κ3) is 4.31. The minimum absolute atomic E-state index is 0.215. The zero-order valence-corrected chi connectivity index (χ0v) is 13.3. The summed E-state index contributed by atoms with van der Waals surface area (Å²) in [4.78, 5) is 11.9. The molecule has 1 aromatic carbocycles. The fraction of sp³-hybridized carbons (Fsp3) is 0.471. The lowest BCUT2D eigenvalue weighted by Gasteiger charge is -2.22. The van der Waals surface area contributed by atoms with Crippen LogP contribution in [0.25, 0.3) is 0 Å². The lowest BCUT2D eigenvalue weighted by atomic mass is 9.84. The molecular weight excluding hydrogens is 292 g/mol. The normalized spacial score (nSPS) is 15.3. The first-order chi connectivity index (χ1) is 11.2. The average Bonchev–Trinajstić information content (AvgIpc) is 3.00. The third-order valence-electron chi connectivity index (χ3n) is 4.21. The van der Waals surface area contributed by atoms with E-state index in [0.29, 0.717) is 17.7 Å². The number of carbonyl (C=O) groups excluding carboxylic acids is 1. The van der Waals surface area contributed by atoms with E-state index >= 15 is 0 Å². The minimum Gasteiger partial charge on any atom is -0.424 e. The number of amides is 2. The van der Waals surface area contributed by atoms with Gasteiger partial charge in [-0.1, -0.05) is 31.4 Å². The van der Waals surface area contributed by atoms with Crippen LogP contribution in [0.2, 0.25) is 0 Å². The molecule has 122 valence electrons. The SMILES string of the molecule is Cc1nnc(CNC(=O)Nc2ccc(C3CCCCC3)cc2)o1. The molecule has 2 aromatic rings. The molecule has 1 aliphatic rings. The quantitative estimate of drug-likeness (QED) is 0.900. The van der Waals surface area contributed by atoms with Crippen molar-refractivity contribution in [3.05, 3.63) is 41.6 Å². The van der Waals surface area contributed by atoms with E-state index in [1.165, 1.54) is 37.7 Å². The topological polar surface area (TPSA) is 80.0 Å². The zero-order valence-electron chi connectivity index (χ0n) is 13.3. The van der Waals surface area contributed by atoms with Crippen molar-refractivity contribution >= 4 is 11.7 Å². The van der Waals surface area contributed by atoms with Gasteiger partial charge in [-0.05, 0) is 36.5 Å². The Morgan fingerprint density at radius 1 is 1.17 bits per heavy atom. The maximum atomic E-state index is 11.9. The summed E-state index contributed by atoms with van der Waals surface area (Å²) in [5.41, 5.74) is 2.15. The molecule has 23 heavy (non-hydrogen) atoms. The van der Waals surface area contributed by atoms with E-state index in [1.54, 1.807) is 6.92 Å². The van der Waals surface area contributed by atoms with Gasteiger partial charge in [0.05, 0.1) is 6.54 Å². The van der Waals surface area contributed by atoms with Crippen molar-refractivity contribution in [1.82, 2.24) is 15.5 Å². The van der Waals surface area contributed by atoms with E-state index in [4.69, 9.17) is 4.42 Å². The van der Waals surface area contributed by atoms with E-state index in [9.17, 15) is 4.79 Å². The summed E-state index contributed by atoms with van der Waals surface area (Å²) in [6.45, 7) is 1.93. The molecule has 0 atom stereocenters. The van der Waals surface area contributed by atoms with Gasteiger partial charge in [0, 0.05) is 12.6 Å². The number of nitrogens with zero attached hydrogens (tertiary/aromatic N) is 2. The van der Waals surface area contributed by atoms with E-state index in [-0.39, 0.29) is 12.6 Å². The van der Waals surface area contributed by atoms with Crippen LogP contribution in [0.3, 0.4) is 0 Å². The predicted octanol–water partition coefficient (Wildman–Crippen LogP) is 3.75. The van der Waals surface area contributed by atoms with Gasteiger partial charge in [-0.25, -0.2) is 4.79 Å². The summed E-state index contributed by atoms with van der Waals surface area (Å²) >= 11 is 0. The highest BCUT2D eigenvalue weighted by Gasteiger charge is 2.15.